The van der Waals surface area contributed by atoms with E-state index < -0.39 is 0 Å². The first-order valence-electron chi connectivity index (χ1n) is 8.54. The largest absolute Gasteiger partial charge is 0.466 e. The van der Waals surface area contributed by atoms with Crippen molar-refractivity contribution in [2.75, 3.05) is 13.2 Å². The standard InChI is InChI=1S/C19H25NO2S/c1-4-22-18(21)19(10-11-19)16-12-20(17(23)13(16)2)14(3)15-8-6-5-7-9-15/h5-9,13-14,16H,4,10-12H2,1-3H3/t13?,14?,16-/m0/s1. The molecular weight excluding hydrogens is 306 g/mol. The maximum Gasteiger partial charge on any atom is 0.312 e. The van der Waals surface area contributed by atoms with Crippen LogP contribution in [0.25, 0.3) is 0 Å². The molecule has 0 radical (unpaired) electrons. The van der Waals surface area contributed by atoms with Gasteiger partial charge in [-0.05, 0) is 32.3 Å². The lowest BCUT2D eigenvalue weighted by Crippen LogP contribution is -2.32. The van der Waals surface area contributed by atoms with Gasteiger partial charge in [-0.3, -0.25) is 4.79 Å². The second kappa shape index (κ2) is 6.23. The zero-order chi connectivity index (χ0) is 16.6. The van der Waals surface area contributed by atoms with Crippen LogP contribution in [0.3, 0.4) is 0 Å². The SMILES string of the molecule is CCOC(=O)C1([C@H]2CN(C(C)c3ccccc3)C(=S)C2C)CC1. The Balaban J connectivity index is 1.79. The third kappa shape index (κ3) is 2.78. The summed E-state index contributed by atoms with van der Waals surface area (Å²) in [4.78, 5) is 15.7. The minimum absolute atomic E-state index is 0.0196. The molecule has 4 heteroatoms. The van der Waals surface area contributed by atoms with E-state index in [4.69, 9.17) is 17.0 Å². The van der Waals surface area contributed by atoms with Gasteiger partial charge in [0.2, 0.25) is 0 Å². The van der Waals surface area contributed by atoms with Gasteiger partial charge in [-0.15, -0.1) is 0 Å². The minimum Gasteiger partial charge on any atom is -0.466 e. The van der Waals surface area contributed by atoms with Crippen LogP contribution in [0.5, 0.6) is 0 Å². The van der Waals surface area contributed by atoms with Crippen molar-refractivity contribution in [3.05, 3.63) is 35.9 Å². The zero-order valence-corrected chi connectivity index (χ0v) is 14.9. The van der Waals surface area contributed by atoms with E-state index in [1.54, 1.807) is 0 Å². The van der Waals surface area contributed by atoms with E-state index in [1.165, 1.54) is 5.56 Å². The lowest BCUT2D eigenvalue weighted by atomic mass is 9.82. The molecule has 1 aromatic rings. The third-order valence-corrected chi connectivity index (χ3v) is 6.21. The Kier molecular flexibility index (Phi) is 4.45. The fourth-order valence-electron chi connectivity index (χ4n) is 3.94. The molecule has 2 unspecified atom stereocenters. The molecule has 23 heavy (non-hydrogen) atoms. The molecular formula is C19H25NO2S. The molecule has 3 nitrogen and oxygen atoms in total. The third-order valence-electron chi connectivity index (χ3n) is 5.60. The summed E-state index contributed by atoms with van der Waals surface area (Å²) in [5.41, 5.74) is 0.980. The van der Waals surface area contributed by atoms with Crippen LogP contribution in [0.2, 0.25) is 0 Å². The number of rotatable bonds is 5. The number of likely N-dealkylation sites (tertiary alicyclic amines) is 1. The van der Waals surface area contributed by atoms with Crippen molar-refractivity contribution in [3.8, 4) is 0 Å². The lowest BCUT2D eigenvalue weighted by molar-refractivity contribution is -0.152. The van der Waals surface area contributed by atoms with Crippen LogP contribution < -0.4 is 0 Å². The highest BCUT2D eigenvalue weighted by Gasteiger charge is 2.61. The Morgan fingerprint density at radius 3 is 2.61 bits per heavy atom. The molecule has 0 N–H and O–H groups in total. The summed E-state index contributed by atoms with van der Waals surface area (Å²) >= 11 is 5.74. The van der Waals surface area contributed by atoms with Crippen LogP contribution in [0.4, 0.5) is 0 Å². The van der Waals surface area contributed by atoms with E-state index in [0.717, 1.165) is 24.4 Å². The Morgan fingerprint density at radius 2 is 2.04 bits per heavy atom. The van der Waals surface area contributed by atoms with Crippen LogP contribution in [-0.4, -0.2) is 29.0 Å². The van der Waals surface area contributed by atoms with Crippen molar-refractivity contribution in [2.45, 2.75) is 39.7 Å². The number of esters is 1. The van der Waals surface area contributed by atoms with Crippen molar-refractivity contribution in [3.63, 3.8) is 0 Å². The molecule has 1 aliphatic carbocycles. The van der Waals surface area contributed by atoms with Crippen LogP contribution in [0.1, 0.15) is 45.2 Å². The molecule has 1 saturated carbocycles. The summed E-state index contributed by atoms with van der Waals surface area (Å²) in [6.07, 6.45) is 1.88. The quantitative estimate of drug-likeness (QED) is 0.603. The fraction of sp³-hybridized carbons (Fsp3) is 0.579. The van der Waals surface area contributed by atoms with E-state index in [-0.39, 0.29) is 29.3 Å². The van der Waals surface area contributed by atoms with Crippen LogP contribution >= 0.6 is 12.2 Å². The normalized spacial score (nSPS) is 26.9. The van der Waals surface area contributed by atoms with Crippen LogP contribution in [0, 0.1) is 17.3 Å². The lowest BCUT2D eigenvalue weighted by Gasteiger charge is -2.28. The molecule has 1 aromatic carbocycles. The molecule has 2 fully saturated rings. The van der Waals surface area contributed by atoms with Crippen molar-refractivity contribution < 1.29 is 9.53 Å². The number of carbonyl (C=O) groups is 1. The summed E-state index contributed by atoms with van der Waals surface area (Å²) in [5, 5.41) is 0. The Morgan fingerprint density at radius 1 is 1.39 bits per heavy atom. The topological polar surface area (TPSA) is 29.5 Å². The Labute approximate surface area is 144 Å². The van der Waals surface area contributed by atoms with Crippen molar-refractivity contribution in [1.82, 2.24) is 4.90 Å². The zero-order valence-electron chi connectivity index (χ0n) is 14.1. The molecule has 3 atom stereocenters. The van der Waals surface area contributed by atoms with E-state index in [0.29, 0.717) is 6.61 Å². The highest BCUT2D eigenvalue weighted by atomic mass is 32.1. The van der Waals surface area contributed by atoms with Gasteiger partial charge < -0.3 is 9.64 Å². The number of nitrogens with zero attached hydrogens (tertiary/aromatic N) is 1. The summed E-state index contributed by atoms with van der Waals surface area (Å²) in [6.45, 7) is 7.55. The van der Waals surface area contributed by atoms with E-state index in [1.807, 2.05) is 13.0 Å². The van der Waals surface area contributed by atoms with Gasteiger partial charge in [0.25, 0.3) is 0 Å². The second-order valence-electron chi connectivity index (χ2n) is 6.85. The smallest absolute Gasteiger partial charge is 0.312 e. The van der Waals surface area contributed by atoms with Crippen LogP contribution in [0.15, 0.2) is 30.3 Å². The van der Waals surface area contributed by atoms with Gasteiger partial charge in [-0.2, -0.15) is 0 Å². The molecule has 0 aromatic heterocycles. The van der Waals surface area contributed by atoms with Crippen LogP contribution in [-0.2, 0) is 9.53 Å². The molecule has 0 amide bonds. The molecule has 3 rings (SSSR count). The average Bonchev–Trinajstić information content (AvgIpc) is 3.31. The van der Waals surface area contributed by atoms with E-state index >= 15 is 0 Å². The van der Waals surface area contributed by atoms with Gasteiger partial charge in [-0.25, -0.2) is 0 Å². The van der Waals surface area contributed by atoms with Crippen molar-refractivity contribution >= 4 is 23.2 Å². The maximum absolute atomic E-state index is 12.4. The highest BCUT2D eigenvalue weighted by molar-refractivity contribution is 7.80. The average molecular weight is 331 g/mol. The van der Waals surface area contributed by atoms with Gasteiger partial charge in [0, 0.05) is 18.4 Å². The number of ether oxygens (including phenoxy) is 1. The number of carbonyl (C=O) groups excluding carboxylic acids is 1. The Bertz CT molecular complexity index is 597. The molecule has 0 spiro atoms. The fourth-order valence-corrected chi connectivity index (χ4v) is 4.34. The first kappa shape index (κ1) is 16.4. The van der Waals surface area contributed by atoms with Gasteiger partial charge in [0.1, 0.15) is 0 Å². The molecule has 124 valence electrons. The van der Waals surface area contributed by atoms with Crippen molar-refractivity contribution in [2.24, 2.45) is 17.3 Å². The number of thiocarbonyl (C=S) groups is 1. The summed E-state index contributed by atoms with van der Waals surface area (Å²) in [7, 11) is 0. The van der Waals surface area contributed by atoms with Gasteiger partial charge >= 0.3 is 5.97 Å². The number of hydrogen-bond donors (Lipinski definition) is 0. The van der Waals surface area contributed by atoms with Gasteiger partial charge in [-0.1, -0.05) is 49.5 Å². The number of hydrogen-bond acceptors (Lipinski definition) is 3. The summed E-state index contributed by atoms with van der Waals surface area (Å²) in [6, 6.07) is 10.7. The summed E-state index contributed by atoms with van der Waals surface area (Å²) in [5.74, 6) is 0.511. The molecule has 1 heterocycles. The molecule has 1 saturated heterocycles. The van der Waals surface area contributed by atoms with Crippen molar-refractivity contribution in [1.29, 1.82) is 0 Å². The molecule has 2 aliphatic rings. The monoisotopic (exact) mass is 331 g/mol. The van der Waals surface area contributed by atoms with Gasteiger partial charge in [0.15, 0.2) is 0 Å². The highest BCUT2D eigenvalue weighted by Crippen LogP contribution is 2.58. The minimum atomic E-state index is -0.287. The second-order valence-corrected chi connectivity index (χ2v) is 7.27. The van der Waals surface area contributed by atoms with Gasteiger partial charge in [0.05, 0.1) is 23.1 Å². The number of benzene rings is 1. The molecule has 0 bridgehead atoms. The predicted octanol–water partition coefficient (Wildman–Crippen LogP) is 3.99. The maximum atomic E-state index is 12.4. The first-order valence-corrected chi connectivity index (χ1v) is 8.94. The predicted molar refractivity (Wildman–Crippen MR) is 95.1 cm³/mol. The molecule has 1 aliphatic heterocycles. The summed E-state index contributed by atoms with van der Waals surface area (Å²) < 4.78 is 5.34. The first-order chi connectivity index (χ1) is 11.0. The van der Waals surface area contributed by atoms with E-state index in [9.17, 15) is 4.79 Å². The van der Waals surface area contributed by atoms with E-state index in [2.05, 4.69) is 43.0 Å². The Hall–Kier alpha value is -1.42.